The van der Waals surface area contributed by atoms with Gasteiger partial charge in [-0.1, -0.05) is 36.4 Å². The minimum atomic E-state index is -0.275. The average molecular weight is 1350 g/mol. The molecule has 26 heteroatoms. The van der Waals surface area contributed by atoms with Crippen molar-refractivity contribution >= 4 is 120 Å². The Balaban J connectivity index is 0.000000136. The molecule has 101 heavy (non-hydrogen) atoms. The third-order valence-electron chi connectivity index (χ3n) is 17.5. The van der Waals surface area contributed by atoms with Crippen LogP contribution in [-0.2, 0) is 24.0 Å². The summed E-state index contributed by atoms with van der Waals surface area (Å²) in [5, 5.41) is 58.5. The summed E-state index contributed by atoms with van der Waals surface area (Å²) >= 11 is 0. The maximum absolute atomic E-state index is 14.9. The van der Waals surface area contributed by atoms with Crippen LogP contribution in [0.2, 0.25) is 0 Å². The Hall–Kier alpha value is -12.4. The fourth-order valence-electron chi connectivity index (χ4n) is 12.2. The lowest BCUT2D eigenvalue weighted by Crippen LogP contribution is -2.47. The van der Waals surface area contributed by atoms with Crippen LogP contribution in [0.1, 0.15) is 16.7 Å². The molecule has 9 heterocycles. The standard InChI is InChI=1S/C26H28N8O.C25H25FN8.C24H23N7O/c27-10-8-19-2-1-3-21(18-19)29-25-23-9-11-28-24(23)31-26(32-25)30-20-4-6-22(7-5-20)34-14-12-33(13-15-34)16-17-35;1-33-11-13-34(14-12-33)22-6-5-19(16-21(22)26)30-25-31-23-20(8-10-28-23)24(32-25)29-18-4-2-3-17(15-18)7-9-27;25-10-8-17-2-1-3-19(16-17)27-23-21-9-11-26-22(21)29-24(30-23)28-18-4-6-20(7-5-18)31-12-14-32-15-13-31/h1-7,9,11,18,35H,8,12-17H2,(H3,28,29,30,31,32);2-6,8,10,15-16H,7,11-14H2,1H3,(H3,28,29,30,31,32);1-7,9,11,16H,8,12-15H2,(H3,26,27,28,29,30). The van der Waals surface area contributed by atoms with E-state index in [1.807, 2.05) is 134 Å². The number of rotatable bonds is 20. The quantitative estimate of drug-likeness (QED) is 0.0339. The summed E-state index contributed by atoms with van der Waals surface area (Å²) in [5.41, 5.74) is 12.9. The summed E-state index contributed by atoms with van der Waals surface area (Å²) in [4.78, 5) is 48.5. The maximum Gasteiger partial charge on any atom is 0.231 e. The monoisotopic (exact) mass is 1350 g/mol. The molecule has 25 nitrogen and oxygen atoms in total. The molecule has 12 aromatic rings. The lowest BCUT2D eigenvalue weighted by Gasteiger charge is -2.35. The summed E-state index contributed by atoms with van der Waals surface area (Å²) in [6.07, 6.45) is 6.55. The molecule has 3 fully saturated rings. The molecule has 0 aliphatic carbocycles. The summed E-state index contributed by atoms with van der Waals surface area (Å²) in [5.74, 6) is 3.04. The van der Waals surface area contributed by atoms with Crippen molar-refractivity contribution in [2.75, 3.05) is 145 Å². The smallest absolute Gasteiger partial charge is 0.231 e. The van der Waals surface area contributed by atoms with E-state index >= 15 is 0 Å². The van der Waals surface area contributed by atoms with Gasteiger partial charge in [0.1, 0.15) is 40.2 Å². The number of halogens is 1. The predicted molar refractivity (Wildman–Crippen MR) is 396 cm³/mol. The van der Waals surface area contributed by atoms with Crippen molar-refractivity contribution in [1.82, 2.24) is 54.7 Å². The van der Waals surface area contributed by atoms with Crippen molar-refractivity contribution in [2.24, 2.45) is 0 Å². The molecule has 0 saturated carbocycles. The van der Waals surface area contributed by atoms with Gasteiger partial charge in [-0.3, -0.25) is 4.90 Å². The third-order valence-corrected chi connectivity index (χ3v) is 17.5. The van der Waals surface area contributed by atoms with Crippen molar-refractivity contribution in [2.45, 2.75) is 19.3 Å². The molecular formula is C75H76FN23O2. The van der Waals surface area contributed by atoms with Gasteiger partial charge in [0.25, 0.3) is 0 Å². The minimum Gasteiger partial charge on any atom is -0.395 e. The van der Waals surface area contributed by atoms with Crippen molar-refractivity contribution in [1.29, 1.82) is 15.8 Å². The molecular weight excluding hydrogens is 1270 g/mol. The van der Waals surface area contributed by atoms with Gasteiger partial charge in [0.05, 0.1) is 79.1 Å². The van der Waals surface area contributed by atoms with E-state index in [1.165, 1.54) is 17.4 Å². The number of hydrogen-bond donors (Lipinski definition) is 10. The second-order valence-electron chi connectivity index (χ2n) is 24.5. The first kappa shape index (κ1) is 67.2. The molecule has 510 valence electrons. The Kier molecular flexibility index (Phi) is 21.5. The Morgan fingerprint density at radius 2 is 0.822 bits per heavy atom. The highest BCUT2D eigenvalue weighted by atomic mass is 19.1. The number of aliphatic hydroxyl groups excluding tert-OH is 1. The number of ether oxygens (including phenoxy) is 1. The fourth-order valence-corrected chi connectivity index (χ4v) is 12.2. The number of morpholine rings is 1. The third kappa shape index (κ3) is 17.3. The molecule has 0 radical (unpaired) electrons. The van der Waals surface area contributed by atoms with Gasteiger partial charge in [-0.05, 0) is 145 Å². The van der Waals surface area contributed by atoms with Gasteiger partial charge in [-0.2, -0.15) is 45.7 Å². The van der Waals surface area contributed by atoms with Crippen LogP contribution in [-0.4, -0.2) is 159 Å². The number of aromatic amines is 3. The highest BCUT2D eigenvalue weighted by molar-refractivity contribution is 5.92. The molecule has 0 amide bonds. The number of nitrogens with one attached hydrogen (secondary N) is 9. The molecule has 0 spiro atoms. The normalized spacial score (nSPS) is 14.0. The zero-order valence-corrected chi connectivity index (χ0v) is 55.8. The number of nitrogens with zero attached hydrogens (tertiary/aromatic N) is 14. The molecule has 0 bridgehead atoms. The van der Waals surface area contributed by atoms with Crippen molar-refractivity contribution in [3.63, 3.8) is 0 Å². The first-order valence-electron chi connectivity index (χ1n) is 33.5. The van der Waals surface area contributed by atoms with Crippen molar-refractivity contribution in [3.8, 4) is 18.2 Å². The van der Waals surface area contributed by atoms with E-state index in [9.17, 15) is 4.39 Å². The highest BCUT2D eigenvalue weighted by Crippen LogP contribution is 2.33. The van der Waals surface area contributed by atoms with Crippen LogP contribution in [0.3, 0.4) is 0 Å². The number of aromatic nitrogens is 9. The Morgan fingerprint density at radius 1 is 0.436 bits per heavy atom. The van der Waals surface area contributed by atoms with Crippen LogP contribution in [0.4, 0.5) is 90.9 Å². The van der Waals surface area contributed by atoms with Crippen LogP contribution in [0.5, 0.6) is 0 Å². The van der Waals surface area contributed by atoms with Crippen LogP contribution in [0.25, 0.3) is 33.1 Å². The van der Waals surface area contributed by atoms with Gasteiger partial charge in [-0.25, -0.2) is 4.39 Å². The maximum atomic E-state index is 14.9. The van der Waals surface area contributed by atoms with Gasteiger partial charge in [0.15, 0.2) is 0 Å². The predicted octanol–water partition coefficient (Wildman–Crippen LogP) is 12.4. The summed E-state index contributed by atoms with van der Waals surface area (Å²) in [6.45, 7) is 11.5. The molecule has 6 aromatic heterocycles. The second-order valence-corrected chi connectivity index (χ2v) is 24.5. The van der Waals surface area contributed by atoms with E-state index in [0.29, 0.717) is 71.6 Å². The molecule has 15 rings (SSSR count). The van der Waals surface area contributed by atoms with Gasteiger partial charge in [-0.15, -0.1) is 0 Å². The van der Waals surface area contributed by atoms with Crippen LogP contribution in [0.15, 0.2) is 176 Å². The average Bonchev–Trinajstić information content (AvgIpc) is 1.75. The first-order chi connectivity index (χ1) is 49.6. The summed E-state index contributed by atoms with van der Waals surface area (Å²) in [6, 6.07) is 57.2. The number of nitriles is 3. The number of benzene rings is 6. The number of likely N-dealkylation sites (N-methyl/N-ethyl adjacent to an activating group) is 1. The van der Waals surface area contributed by atoms with E-state index in [4.69, 9.17) is 35.6 Å². The number of hydrogen-bond acceptors (Lipinski definition) is 22. The topological polar surface area (TPSA) is 314 Å². The summed E-state index contributed by atoms with van der Waals surface area (Å²) < 4.78 is 20.4. The lowest BCUT2D eigenvalue weighted by atomic mass is 10.1. The molecule has 0 unspecified atom stereocenters. The van der Waals surface area contributed by atoms with E-state index in [0.717, 1.165) is 158 Å². The van der Waals surface area contributed by atoms with Gasteiger partial charge in [0, 0.05) is 136 Å². The largest absolute Gasteiger partial charge is 0.395 e. The van der Waals surface area contributed by atoms with E-state index in [-0.39, 0.29) is 12.4 Å². The number of piperazine rings is 2. The molecule has 0 atom stereocenters. The number of fused-ring (bicyclic) bond motifs is 3. The fraction of sp³-hybridized carbons (Fsp3) is 0.240. The zero-order chi connectivity index (χ0) is 69.3. The van der Waals surface area contributed by atoms with Gasteiger partial charge < -0.3 is 76.3 Å². The molecule has 3 saturated heterocycles. The Morgan fingerprint density at radius 3 is 1.23 bits per heavy atom. The van der Waals surface area contributed by atoms with E-state index < -0.39 is 0 Å². The van der Waals surface area contributed by atoms with E-state index in [1.54, 1.807) is 12.3 Å². The lowest BCUT2D eigenvalue weighted by molar-refractivity contribution is 0.122. The highest BCUT2D eigenvalue weighted by Gasteiger charge is 2.21. The van der Waals surface area contributed by atoms with Crippen molar-refractivity contribution < 1.29 is 14.2 Å². The minimum absolute atomic E-state index is 0.210. The molecule has 6 aromatic carbocycles. The summed E-state index contributed by atoms with van der Waals surface area (Å²) in [7, 11) is 2.08. The number of β-amino-alcohol motifs (C(OH)–C–C–N with tert-alkyl or cyclic N) is 1. The van der Waals surface area contributed by atoms with Crippen LogP contribution >= 0.6 is 0 Å². The Labute approximate surface area is 583 Å². The second kappa shape index (κ2) is 32.3. The van der Waals surface area contributed by atoms with Crippen molar-refractivity contribution in [3.05, 3.63) is 199 Å². The molecule has 3 aliphatic rings. The zero-order valence-electron chi connectivity index (χ0n) is 55.8. The molecule has 3 aliphatic heterocycles. The van der Waals surface area contributed by atoms with Crippen LogP contribution < -0.4 is 46.6 Å². The van der Waals surface area contributed by atoms with Gasteiger partial charge in [0.2, 0.25) is 17.8 Å². The SMILES string of the molecule is CN1CCN(c2ccc(Nc3nc(Nc4cccc(CC#N)c4)c4cc[nH]c4n3)cc2F)CC1.N#CCc1cccc(Nc2nc(Nc3ccc(N4CCN(CCO)CC4)cc3)nc3[nH]ccc23)c1.N#CCc1cccc(Nc2nc(Nc3ccc(N4CCOCC4)cc3)nc3[nH]ccc23)c1. The Bertz CT molecular complexity index is 4900. The van der Waals surface area contributed by atoms with E-state index in [2.05, 4.69) is 141 Å². The number of anilines is 15. The molecule has 10 N–H and O–H groups in total. The van der Waals surface area contributed by atoms with Crippen LogP contribution in [0, 0.1) is 39.8 Å². The number of H-pyrrole nitrogens is 3. The van der Waals surface area contributed by atoms with Gasteiger partial charge >= 0.3 is 0 Å². The number of aliphatic hydroxyl groups is 1. The first-order valence-corrected chi connectivity index (χ1v) is 33.5.